The Morgan fingerprint density at radius 3 is 2.60 bits per heavy atom. The van der Waals surface area contributed by atoms with E-state index in [1.54, 1.807) is 31.3 Å². The van der Waals surface area contributed by atoms with Gasteiger partial charge in [-0.05, 0) is 36.1 Å². The summed E-state index contributed by atoms with van der Waals surface area (Å²) in [6, 6.07) is 14.4. The highest BCUT2D eigenvalue weighted by Gasteiger charge is 2.13. The fourth-order valence-electron chi connectivity index (χ4n) is 2.50. The van der Waals surface area contributed by atoms with Gasteiger partial charge in [0.25, 0.3) is 5.91 Å². The van der Waals surface area contributed by atoms with E-state index < -0.39 is 10.0 Å². The molecule has 128 valence electrons. The molecule has 0 saturated heterocycles. The molecule has 0 radical (unpaired) electrons. The van der Waals surface area contributed by atoms with Gasteiger partial charge in [-0.2, -0.15) is 0 Å². The summed E-state index contributed by atoms with van der Waals surface area (Å²) >= 11 is 0. The van der Waals surface area contributed by atoms with Crippen molar-refractivity contribution in [3.8, 4) is 0 Å². The van der Waals surface area contributed by atoms with Crippen LogP contribution >= 0.6 is 0 Å². The zero-order valence-electron chi connectivity index (χ0n) is 13.8. The van der Waals surface area contributed by atoms with Crippen molar-refractivity contribution < 1.29 is 13.2 Å². The molecule has 3 aromatic rings. The van der Waals surface area contributed by atoms with E-state index in [0.29, 0.717) is 17.1 Å². The number of pyridine rings is 1. The van der Waals surface area contributed by atoms with E-state index in [1.165, 1.54) is 0 Å². The van der Waals surface area contributed by atoms with Crippen LogP contribution in [0.4, 0.5) is 11.4 Å². The van der Waals surface area contributed by atoms with Crippen LogP contribution in [0.15, 0.2) is 54.7 Å². The molecule has 1 amide bonds. The Kier molecular flexibility index (Phi) is 4.41. The molecular formula is C18H17N3O3S. The summed E-state index contributed by atoms with van der Waals surface area (Å²) < 4.78 is 25.3. The summed E-state index contributed by atoms with van der Waals surface area (Å²) in [4.78, 5) is 16.8. The average Bonchev–Trinajstić information content (AvgIpc) is 2.56. The molecule has 7 heteroatoms. The highest BCUT2D eigenvalue weighted by atomic mass is 32.2. The van der Waals surface area contributed by atoms with Crippen molar-refractivity contribution >= 4 is 38.1 Å². The first-order valence-electron chi connectivity index (χ1n) is 7.57. The highest BCUT2D eigenvalue weighted by Crippen LogP contribution is 2.23. The van der Waals surface area contributed by atoms with Gasteiger partial charge in [0.05, 0.1) is 11.9 Å². The molecule has 0 aliphatic heterocycles. The Balaban J connectivity index is 1.92. The van der Waals surface area contributed by atoms with Crippen LogP contribution in [0, 0.1) is 6.92 Å². The minimum atomic E-state index is -3.40. The van der Waals surface area contributed by atoms with Gasteiger partial charge in [0.2, 0.25) is 10.0 Å². The minimum Gasteiger partial charge on any atom is -0.321 e. The van der Waals surface area contributed by atoms with Crippen molar-refractivity contribution in [2.45, 2.75) is 6.92 Å². The standard InChI is InChI=1S/C18H17N3O3S/c1-12-7-8-14(11-16(12)21-25(2,23)24)20-18(22)17-15-6-4-3-5-13(15)9-10-19-17/h3-11,21H,1-2H3,(H,20,22). The van der Waals surface area contributed by atoms with Gasteiger partial charge in [0, 0.05) is 17.3 Å². The van der Waals surface area contributed by atoms with Crippen molar-refractivity contribution in [3.63, 3.8) is 0 Å². The van der Waals surface area contributed by atoms with Crippen molar-refractivity contribution in [1.82, 2.24) is 4.98 Å². The lowest BCUT2D eigenvalue weighted by molar-refractivity contribution is 0.102. The number of hydrogen-bond donors (Lipinski definition) is 2. The Morgan fingerprint density at radius 2 is 1.84 bits per heavy atom. The summed E-state index contributed by atoms with van der Waals surface area (Å²) in [7, 11) is -3.40. The third-order valence-electron chi connectivity index (χ3n) is 3.68. The largest absolute Gasteiger partial charge is 0.321 e. The number of rotatable bonds is 4. The number of carbonyl (C=O) groups excluding carboxylic acids is 1. The van der Waals surface area contributed by atoms with Crippen molar-refractivity contribution in [1.29, 1.82) is 0 Å². The lowest BCUT2D eigenvalue weighted by Crippen LogP contribution is -2.15. The van der Waals surface area contributed by atoms with E-state index in [-0.39, 0.29) is 5.91 Å². The number of benzene rings is 2. The molecule has 25 heavy (non-hydrogen) atoms. The van der Waals surface area contributed by atoms with Crippen molar-refractivity contribution in [2.24, 2.45) is 0 Å². The van der Waals surface area contributed by atoms with E-state index in [0.717, 1.165) is 22.6 Å². The van der Waals surface area contributed by atoms with Crippen molar-refractivity contribution in [2.75, 3.05) is 16.3 Å². The molecule has 2 aromatic carbocycles. The average molecular weight is 355 g/mol. The highest BCUT2D eigenvalue weighted by molar-refractivity contribution is 7.92. The molecule has 0 spiro atoms. The number of fused-ring (bicyclic) bond motifs is 1. The summed E-state index contributed by atoms with van der Waals surface area (Å²) in [6.45, 7) is 1.78. The molecule has 1 aromatic heterocycles. The number of anilines is 2. The van der Waals surface area contributed by atoms with Crippen LogP contribution in [-0.2, 0) is 10.0 Å². The number of amides is 1. The van der Waals surface area contributed by atoms with Gasteiger partial charge in [0.1, 0.15) is 5.69 Å². The molecule has 0 fully saturated rings. The molecule has 0 saturated carbocycles. The molecule has 1 heterocycles. The SMILES string of the molecule is Cc1ccc(NC(=O)c2nccc3ccccc23)cc1NS(C)(=O)=O. The second-order valence-electron chi connectivity index (χ2n) is 5.74. The smallest absolute Gasteiger partial charge is 0.274 e. The monoisotopic (exact) mass is 355 g/mol. The number of nitrogens with zero attached hydrogens (tertiary/aromatic N) is 1. The van der Waals surface area contributed by atoms with Crippen LogP contribution in [0.5, 0.6) is 0 Å². The first kappa shape index (κ1) is 16.9. The molecule has 3 rings (SSSR count). The number of aryl methyl sites for hydroxylation is 1. The Hall–Kier alpha value is -2.93. The zero-order chi connectivity index (χ0) is 18.0. The quantitative estimate of drug-likeness (QED) is 0.752. The topological polar surface area (TPSA) is 88.2 Å². The summed E-state index contributed by atoms with van der Waals surface area (Å²) in [5.41, 5.74) is 1.98. The lowest BCUT2D eigenvalue weighted by atomic mass is 10.1. The number of carbonyl (C=O) groups is 1. The second-order valence-corrected chi connectivity index (χ2v) is 7.49. The third-order valence-corrected chi connectivity index (χ3v) is 4.27. The van der Waals surface area contributed by atoms with Gasteiger partial charge in [-0.15, -0.1) is 0 Å². The van der Waals surface area contributed by atoms with Gasteiger partial charge < -0.3 is 5.32 Å². The van der Waals surface area contributed by atoms with Crippen LogP contribution in [-0.4, -0.2) is 25.6 Å². The Labute approximate surface area is 146 Å². The van der Waals surface area contributed by atoms with Gasteiger partial charge in [-0.25, -0.2) is 8.42 Å². The molecule has 0 aliphatic rings. The number of nitrogens with one attached hydrogen (secondary N) is 2. The first-order chi connectivity index (χ1) is 11.8. The predicted octanol–water partition coefficient (Wildman–Crippen LogP) is 3.17. The molecule has 6 nitrogen and oxygen atoms in total. The second kappa shape index (κ2) is 6.52. The van der Waals surface area contributed by atoms with Crippen molar-refractivity contribution in [3.05, 3.63) is 66.0 Å². The number of aromatic nitrogens is 1. The summed E-state index contributed by atoms with van der Waals surface area (Å²) in [5, 5.41) is 4.44. The third kappa shape index (κ3) is 3.95. The maximum absolute atomic E-state index is 12.6. The van der Waals surface area contributed by atoms with E-state index in [2.05, 4.69) is 15.0 Å². The minimum absolute atomic E-state index is 0.316. The fourth-order valence-corrected chi connectivity index (χ4v) is 3.12. The Morgan fingerprint density at radius 1 is 1.08 bits per heavy atom. The lowest BCUT2D eigenvalue weighted by Gasteiger charge is -2.11. The molecule has 0 aliphatic carbocycles. The van der Waals surface area contributed by atoms with E-state index in [4.69, 9.17) is 0 Å². The molecular weight excluding hydrogens is 338 g/mol. The first-order valence-corrected chi connectivity index (χ1v) is 9.46. The van der Waals surface area contributed by atoms with E-state index in [9.17, 15) is 13.2 Å². The maximum Gasteiger partial charge on any atom is 0.274 e. The van der Waals surface area contributed by atoms with Crippen LogP contribution < -0.4 is 10.0 Å². The summed E-state index contributed by atoms with van der Waals surface area (Å²) in [5.74, 6) is -0.356. The van der Waals surface area contributed by atoms with Crippen LogP contribution in [0.3, 0.4) is 0 Å². The number of sulfonamides is 1. The van der Waals surface area contributed by atoms with Gasteiger partial charge in [0.15, 0.2) is 0 Å². The normalized spacial score (nSPS) is 11.3. The summed E-state index contributed by atoms with van der Waals surface area (Å²) in [6.07, 6.45) is 2.67. The molecule has 0 bridgehead atoms. The fraction of sp³-hybridized carbons (Fsp3) is 0.111. The molecule has 0 unspecified atom stereocenters. The van der Waals surface area contributed by atoms with Gasteiger partial charge in [-0.1, -0.05) is 30.3 Å². The molecule has 2 N–H and O–H groups in total. The van der Waals surface area contributed by atoms with Gasteiger partial charge in [-0.3, -0.25) is 14.5 Å². The van der Waals surface area contributed by atoms with Crippen LogP contribution in [0.25, 0.3) is 10.8 Å². The van der Waals surface area contributed by atoms with Gasteiger partial charge >= 0.3 is 0 Å². The maximum atomic E-state index is 12.6. The number of hydrogen-bond acceptors (Lipinski definition) is 4. The zero-order valence-corrected chi connectivity index (χ0v) is 14.6. The van der Waals surface area contributed by atoms with Crippen LogP contribution in [0.1, 0.15) is 16.1 Å². The predicted molar refractivity (Wildman–Crippen MR) is 99.3 cm³/mol. The Bertz CT molecular complexity index is 1060. The molecule has 0 atom stereocenters. The van der Waals surface area contributed by atoms with E-state index >= 15 is 0 Å². The van der Waals surface area contributed by atoms with Crippen LogP contribution in [0.2, 0.25) is 0 Å². The van der Waals surface area contributed by atoms with E-state index in [1.807, 2.05) is 30.3 Å².